The Morgan fingerprint density at radius 3 is 2.64 bits per heavy atom. The zero-order valence-electron chi connectivity index (χ0n) is 19.4. The molecule has 2 aliphatic heterocycles. The van der Waals surface area contributed by atoms with Crippen LogP contribution in [0.4, 0.5) is 29.3 Å². The second kappa shape index (κ2) is 8.84. The molecule has 5 rings (SSSR count). The van der Waals surface area contributed by atoms with E-state index in [1.54, 1.807) is 28.9 Å². The number of ether oxygens (including phenoxy) is 1. The van der Waals surface area contributed by atoms with E-state index in [0.717, 1.165) is 36.2 Å². The molecule has 1 fully saturated rings. The molecule has 9 nitrogen and oxygen atoms in total. The van der Waals surface area contributed by atoms with E-state index in [9.17, 15) is 22.8 Å². The molecule has 36 heavy (non-hydrogen) atoms. The minimum atomic E-state index is -4.74. The number of alkyl halides is 3. The van der Waals surface area contributed by atoms with Crippen molar-refractivity contribution < 1.29 is 27.5 Å². The smallest absolute Gasteiger partial charge is 0.413 e. The van der Waals surface area contributed by atoms with Crippen molar-refractivity contribution >= 4 is 40.6 Å². The maximum atomic E-state index is 14.1. The van der Waals surface area contributed by atoms with E-state index in [1.165, 1.54) is 19.2 Å². The van der Waals surface area contributed by atoms with Crippen LogP contribution in [-0.2, 0) is 16.0 Å². The lowest BCUT2D eigenvalue weighted by molar-refractivity contribution is -0.190. The highest BCUT2D eigenvalue weighted by Crippen LogP contribution is 2.40. The van der Waals surface area contributed by atoms with Crippen molar-refractivity contribution in [3.63, 3.8) is 0 Å². The number of anilines is 2. The predicted molar refractivity (Wildman–Crippen MR) is 124 cm³/mol. The number of rotatable bonds is 4. The van der Waals surface area contributed by atoms with Gasteiger partial charge in [-0.15, -0.1) is 0 Å². The number of aromatic nitrogens is 3. The van der Waals surface area contributed by atoms with Crippen LogP contribution in [0.15, 0.2) is 36.5 Å². The standard InChI is InChI=1S/C23H22ClF3N6O3/c1-30-17(12-36-22(30)35)21(34)31(2)20(23(25,26)27)13-5-7-14(8-6-13)32-9-3-4-15-16(32)11-28-19-10-18(24)29-33(15)19/h5-8,10-11,17,20H,3-4,9,12H2,1-2H3/t17-,20+/m1/s1. The van der Waals surface area contributed by atoms with Crippen molar-refractivity contribution in [1.82, 2.24) is 24.4 Å². The highest BCUT2D eigenvalue weighted by Gasteiger charge is 2.48. The van der Waals surface area contributed by atoms with E-state index in [-0.39, 0.29) is 12.2 Å². The average molecular weight is 523 g/mol. The second-order valence-electron chi connectivity index (χ2n) is 8.77. The van der Waals surface area contributed by atoms with E-state index < -0.39 is 30.3 Å². The molecule has 1 aromatic carbocycles. The van der Waals surface area contributed by atoms with E-state index >= 15 is 0 Å². The van der Waals surface area contributed by atoms with E-state index in [4.69, 9.17) is 16.3 Å². The van der Waals surface area contributed by atoms with Crippen LogP contribution in [0, 0.1) is 0 Å². The van der Waals surface area contributed by atoms with Gasteiger partial charge in [0.25, 0.3) is 0 Å². The molecule has 2 amide bonds. The van der Waals surface area contributed by atoms with Gasteiger partial charge in [0.2, 0.25) is 5.91 Å². The number of carbonyl (C=O) groups is 2. The van der Waals surface area contributed by atoms with Crippen molar-refractivity contribution in [3.05, 3.63) is 52.9 Å². The SMILES string of the molecule is CN1C(=O)OC[C@@H]1C(=O)N(C)[C@@H](c1ccc(N2CCCc3c2cnc2cc(Cl)nn32)cc1)C(F)(F)F. The summed E-state index contributed by atoms with van der Waals surface area (Å²) in [5.74, 6) is -0.854. The topological polar surface area (TPSA) is 83.3 Å². The van der Waals surface area contributed by atoms with Gasteiger partial charge in [-0.05, 0) is 30.5 Å². The number of cyclic esters (lactones) is 1. The molecule has 0 spiro atoms. The fraction of sp³-hybridized carbons (Fsp3) is 0.391. The summed E-state index contributed by atoms with van der Waals surface area (Å²) in [7, 11) is 2.40. The van der Waals surface area contributed by atoms with E-state index in [0.29, 0.717) is 27.9 Å². The fourth-order valence-corrected chi connectivity index (χ4v) is 4.93. The number of carbonyl (C=O) groups excluding carboxylic acids is 2. The van der Waals surface area contributed by atoms with Crippen LogP contribution in [0.5, 0.6) is 0 Å². The number of amides is 2. The van der Waals surface area contributed by atoms with Crippen molar-refractivity contribution in [2.45, 2.75) is 31.1 Å². The minimum absolute atomic E-state index is 0.0975. The van der Waals surface area contributed by atoms with Gasteiger partial charge in [0.05, 0.1) is 17.6 Å². The van der Waals surface area contributed by atoms with Gasteiger partial charge in [-0.1, -0.05) is 23.7 Å². The second-order valence-corrected chi connectivity index (χ2v) is 9.16. The molecule has 0 aliphatic carbocycles. The highest BCUT2D eigenvalue weighted by molar-refractivity contribution is 6.29. The van der Waals surface area contributed by atoms with Crippen LogP contribution in [0.1, 0.15) is 23.7 Å². The zero-order chi connectivity index (χ0) is 25.8. The van der Waals surface area contributed by atoms with Gasteiger partial charge < -0.3 is 14.5 Å². The Morgan fingerprint density at radius 1 is 1.28 bits per heavy atom. The van der Waals surface area contributed by atoms with Crippen LogP contribution in [0.2, 0.25) is 5.15 Å². The summed E-state index contributed by atoms with van der Waals surface area (Å²) in [4.78, 5) is 32.4. The Kier molecular flexibility index (Phi) is 5.93. The molecule has 0 radical (unpaired) electrons. The Labute approximate surface area is 209 Å². The van der Waals surface area contributed by atoms with Gasteiger partial charge in [-0.3, -0.25) is 9.69 Å². The number of halogens is 4. The summed E-state index contributed by atoms with van der Waals surface area (Å²) in [5.41, 5.74) is 2.92. The summed E-state index contributed by atoms with van der Waals surface area (Å²) in [5, 5.41) is 4.62. The third kappa shape index (κ3) is 4.08. The molecule has 0 saturated carbocycles. The first-order chi connectivity index (χ1) is 17.1. The van der Waals surface area contributed by atoms with Crippen LogP contribution in [0.25, 0.3) is 5.65 Å². The summed E-state index contributed by atoms with van der Waals surface area (Å²) in [6.07, 6.45) is -2.21. The third-order valence-corrected chi connectivity index (χ3v) is 6.77. The van der Waals surface area contributed by atoms with Crippen molar-refractivity contribution in [2.24, 2.45) is 0 Å². The van der Waals surface area contributed by atoms with E-state index in [2.05, 4.69) is 10.1 Å². The number of likely N-dealkylation sites (N-methyl/N-ethyl adjacent to an activating group) is 2. The van der Waals surface area contributed by atoms with Crippen molar-refractivity contribution in [3.8, 4) is 0 Å². The number of hydrogen-bond acceptors (Lipinski definition) is 6. The van der Waals surface area contributed by atoms with Gasteiger partial charge in [0.15, 0.2) is 16.8 Å². The monoisotopic (exact) mass is 522 g/mol. The zero-order valence-corrected chi connectivity index (χ0v) is 20.1. The highest BCUT2D eigenvalue weighted by atomic mass is 35.5. The molecule has 2 aliphatic rings. The van der Waals surface area contributed by atoms with Crippen LogP contribution in [-0.4, -0.2) is 75.9 Å². The summed E-state index contributed by atoms with van der Waals surface area (Å²) in [6, 6.07) is 4.27. The first-order valence-corrected chi connectivity index (χ1v) is 11.6. The molecule has 1 saturated heterocycles. The summed E-state index contributed by atoms with van der Waals surface area (Å²) in [6.45, 7) is 0.358. The Balaban J connectivity index is 1.44. The number of aryl methyl sites for hydroxylation is 1. The molecule has 4 heterocycles. The molecular formula is C23H22ClF3N6O3. The molecular weight excluding hydrogens is 501 g/mol. The maximum absolute atomic E-state index is 14.1. The van der Waals surface area contributed by atoms with Gasteiger partial charge in [-0.2, -0.15) is 18.3 Å². The molecule has 3 aromatic rings. The van der Waals surface area contributed by atoms with Crippen LogP contribution < -0.4 is 4.90 Å². The lowest BCUT2D eigenvalue weighted by Gasteiger charge is -2.34. The van der Waals surface area contributed by atoms with Gasteiger partial charge in [-0.25, -0.2) is 14.3 Å². The minimum Gasteiger partial charge on any atom is -0.447 e. The molecule has 13 heteroatoms. The van der Waals surface area contributed by atoms with Crippen molar-refractivity contribution in [1.29, 1.82) is 0 Å². The Morgan fingerprint density at radius 2 is 2.00 bits per heavy atom. The van der Waals surface area contributed by atoms with Crippen LogP contribution in [0.3, 0.4) is 0 Å². The Bertz CT molecular complexity index is 1330. The molecule has 2 aromatic heterocycles. The van der Waals surface area contributed by atoms with Crippen LogP contribution >= 0.6 is 11.6 Å². The first kappa shape index (κ1) is 24.2. The van der Waals surface area contributed by atoms with Gasteiger partial charge in [0.1, 0.15) is 12.6 Å². The largest absolute Gasteiger partial charge is 0.447 e. The first-order valence-electron chi connectivity index (χ1n) is 11.2. The maximum Gasteiger partial charge on any atom is 0.413 e. The molecule has 0 N–H and O–H groups in total. The lowest BCUT2D eigenvalue weighted by atomic mass is 10.0. The van der Waals surface area contributed by atoms with Crippen molar-refractivity contribution in [2.75, 3.05) is 32.1 Å². The lowest BCUT2D eigenvalue weighted by Crippen LogP contribution is -2.49. The van der Waals surface area contributed by atoms with Gasteiger partial charge >= 0.3 is 12.3 Å². The number of nitrogens with zero attached hydrogens (tertiary/aromatic N) is 6. The number of fused-ring (bicyclic) bond motifs is 3. The molecule has 190 valence electrons. The quantitative estimate of drug-likeness (QED) is 0.515. The molecule has 0 unspecified atom stereocenters. The molecule has 2 atom stereocenters. The number of hydrogen-bond donors (Lipinski definition) is 0. The predicted octanol–water partition coefficient (Wildman–Crippen LogP) is 3.98. The van der Waals surface area contributed by atoms with E-state index in [1.807, 2.05) is 4.90 Å². The normalized spacial score (nSPS) is 18.8. The average Bonchev–Trinajstić information content (AvgIpc) is 3.39. The molecule has 0 bridgehead atoms. The third-order valence-electron chi connectivity index (χ3n) is 6.59. The summed E-state index contributed by atoms with van der Waals surface area (Å²) >= 11 is 6.04. The fourth-order valence-electron chi connectivity index (χ4n) is 4.76. The summed E-state index contributed by atoms with van der Waals surface area (Å²) < 4.78 is 48.9. The van der Waals surface area contributed by atoms with Gasteiger partial charge in [0, 0.05) is 32.4 Å². The Hall–Kier alpha value is -3.54. The number of benzene rings is 1.